The van der Waals surface area contributed by atoms with Gasteiger partial charge in [-0.3, -0.25) is 0 Å². The standard InChI is InChI=1S/C4H8O3/c5-1-4-2-6-3-7-4/h4-5H,1-3H2/t4-/m0/s1. The van der Waals surface area contributed by atoms with E-state index in [-0.39, 0.29) is 12.7 Å². The van der Waals surface area contributed by atoms with Gasteiger partial charge in [-0.2, -0.15) is 0 Å². The summed E-state index contributed by atoms with van der Waals surface area (Å²) in [4.78, 5) is 0. The maximum atomic E-state index is 8.36. The Hall–Kier alpha value is -0.120. The van der Waals surface area contributed by atoms with Crippen LogP contribution in [0.2, 0.25) is 0 Å². The monoisotopic (exact) mass is 104 g/mol. The van der Waals surface area contributed by atoms with Crippen LogP contribution in [0.5, 0.6) is 0 Å². The van der Waals surface area contributed by atoms with Crippen LogP contribution in [0, 0.1) is 0 Å². The summed E-state index contributed by atoms with van der Waals surface area (Å²) in [6.45, 7) is 0.946. The van der Waals surface area contributed by atoms with Crippen LogP contribution in [0.1, 0.15) is 0 Å². The Balaban J connectivity index is 2.14. The molecule has 1 atom stereocenters. The quantitative estimate of drug-likeness (QED) is 0.480. The molecular formula is C4H8O3. The Morgan fingerprint density at radius 2 is 2.57 bits per heavy atom. The third-order valence-electron chi connectivity index (χ3n) is 0.894. The molecule has 0 radical (unpaired) electrons. The van der Waals surface area contributed by atoms with Crippen LogP contribution in [-0.2, 0) is 9.47 Å². The molecule has 3 heteroatoms. The third-order valence-corrected chi connectivity index (χ3v) is 0.894. The van der Waals surface area contributed by atoms with Gasteiger partial charge >= 0.3 is 0 Å². The second-order valence-electron chi connectivity index (χ2n) is 1.46. The summed E-state index contributed by atoms with van der Waals surface area (Å²) in [5.41, 5.74) is 0. The summed E-state index contributed by atoms with van der Waals surface area (Å²) in [5, 5.41) is 8.36. The summed E-state index contributed by atoms with van der Waals surface area (Å²) in [6, 6.07) is 0. The number of hydrogen-bond acceptors (Lipinski definition) is 3. The van der Waals surface area contributed by atoms with Crippen molar-refractivity contribution < 1.29 is 14.6 Å². The smallest absolute Gasteiger partial charge is 0.147 e. The molecule has 1 heterocycles. The number of hydrogen-bond donors (Lipinski definition) is 1. The van der Waals surface area contributed by atoms with Crippen LogP contribution < -0.4 is 0 Å². The lowest BCUT2D eigenvalue weighted by atomic mass is 10.4. The van der Waals surface area contributed by atoms with Gasteiger partial charge in [-0.15, -0.1) is 0 Å². The third kappa shape index (κ3) is 1.12. The van der Waals surface area contributed by atoms with Crippen molar-refractivity contribution in [1.29, 1.82) is 0 Å². The molecule has 1 N–H and O–H groups in total. The van der Waals surface area contributed by atoms with Crippen LogP contribution in [0.25, 0.3) is 0 Å². The molecule has 42 valence electrons. The number of aliphatic hydroxyl groups is 1. The van der Waals surface area contributed by atoms with E-state index in [9.17, 15) is 0 Å². The maximum absolute atomic E-state index is 8.36. The van der Waals surface area contributed by atoms with Crippen LogP contribution in [0.15, 0.2) is 0 Å². The lowest BCUT2D eigenvalue weighted by molar-refractivity contribution is 0.0280. The van der Waals surface area contributed by atoms with E-state index in [1.165, 1.54) is 0 Å². The van der Waals surface area contributed by atoms with Crippen molar-refractivity contribution in [2.24, 2.45) is 0 Å². The molecule has 1 aliphatic heterocycles. The van der Waals surface area contributed by atoms with Crippen molar-refractivity contribution in [3.63, 3.8) is 0 Å². The Morgan fingerprint density at radius 3 is 2.86 bits per heavy atom. The zero-order valence-electron chi connectivity index (χ0n) is 3.96. The van der Waals surface area contributed by atoms with E-state index < -0.39 is 0 Å². The van der Waals surface area contributed by atoms with E-state index in [0.29, 0.717) is 13.4 Å². The van der Waals surface area contributed by atoms with Gasteiger partial charge < -0.3 is 14.6 Å². The molecule has 1 fully saturated rings. The average molecular weight is 104 g/mol. The summed E-state index contributed by atoms with van der Waals surface area (Å²) in [6.07, 6.45) is -0.0694. The first-order valence-corrected chi connectivity index (χ1v) is 2.23. The zero-order valence-corrected chi connectivity index (χ0v) is 3.96. The molecule has 0 aromatic rings. The van der Waals surface area contributed by atoms with Crippen molar-refractivity contribution in [3.05, 3.63) is 0 Å². The minimum Gasteiger partial charge on any atom is -0.394 e. The molecule has 1 aliphatic rings. The molecule has 7 heavy (non-hydrogen) atoms. The normalized spacial score (nSPS) is 31.3. The SMILES string of the molecule is OC[C@H]1COCO1. The summed E-state index contributed by atoms with van der Waals surface area (Å²) >= 11 is 0. The highest BCUT2D eigenvalue weighted by Crippen LogP contribution is 1.99. The van der Waals surface area contributed by atoms with E-state index in [0.717, 1.165) is 0 Å². The maximum Gasteiger partial charge on any atom is 0.147 e. The number of ether oxygens (including phenoxy) is 2. The summed E-state index contributed by atoms with van der Waals surface area (Å²) in [5.74, 6) is 0. The van der Waals surface area contributed by atoms with Crippen LogP contribution in [-0.4, -0.2) is 31.2 Å². The molecule has 0 aromatic carbocycles. The van der Waals surface area contributed by atoms with Gasteiger partial charge in [-0.05, 0) is 0 Å². The molecule has 0 aliphatic carbocycles. The molecule has 0 saturated carbocycles. The van der Waals surface area contributed by atoms with Crippen molar-refractivity contribution in [3.8, 4) is 0 Å². The van der Waals surface area contributed by atoms with Crippen molar-refractivity contribution >= 4 is 0 Å². The van der Waals surface area contributed by atoms with Gasteiger partial charge in [-0.25, -0.2) is 0 Å². The average Bonchev–Trinajstić information content (AvgIpc) is 2.14. The minimum atomic E-state index is -0.0694. The highest BCUT2D eigenvalue weighted by molar-refractivity contribution is 4.55. The highest BCUT2D eigenvalue weighted by Gasteiger charge is 2.13. The Morgan fingerprint density at radius 1 is 1.71 bits per heavy atom. The Bertz CT molecular complexity index is 48.9. The molecule has 0 bridgehead atoms. The minimum absolute atomic E-state index is 0.0694. The van der Waals surface area contributed by atoms with Gasteiger partial charge in [0.05, 0.1) is 13.2 Å². The van der Waals surface area contributed by atoms with E-state index in [1.807, 2.05) is 0 Å². The Kier molecular flexibility index (Phi) is 1.62. The van der Waals surface area contributed by atoms with Gasteiger partial charge in [0.15, 0.2) is 0 Å². The fraction of sp³-hybridized carbons (Fsp3) is 1.00. The number of rotatable bonds is 1. The van der Waals surface area contributed by atoms with Gasteiger partial charge in [0, 0.05) is 0 Å². The first-order valence-electron chi connectivity index (χ1n) is 2.23. The highest BCUT2D eigenvalue weighted by atomic mass is 16.7. The molecule has 0 aromatic heterocycles. The van der Waals surface area contributed by atoms with E-state index in [1.54, 1.807) is 0 Å². The molecule has 1 saturated heterocycles. The van der Waals surface area contributed by atoms with Gasteiger partial charge in [-0.1, -0.05) is 0 Å². The first kappa shape index (κ1) is 5.03. The van der Waals surface area contributed by atoms with E-state index in [4.69, 9.17) is 14.6 Å². The predicted octanol–water partition coefficient (Wildman–Crippen LogP) is -0.648. The molecule has 0 spiro atoms. The van der Waals surface area contributed by atoms with Gasteiger partial charge in [0.2, 0.25) is 0 Å². The lowest BCUT2D eigenvalue weighted by Crippen LogP contribution is -2.13. The fourth-order valence-corrected chi connectivity index (χ4v) is 0.477. The topological polar surface area (TPSA) is 38.7 Å². The summed E-state index contributed by atoms with van der Waals surface area (Å²) < 4.78 is 9.60. The van der Waals surface area contributed by atoms with Crippen molar-refractivity contribution in [2.45, 2.75) is 6.10 Å². The molecule has 0 amide bonds. The van der Waals surface area contributed by atoms with Crippen molar-refractivity contribution in [2.75, 3.05) is 20.0 Å². The van der Waals surface area contributed by atoms with Crippen LogP contribution >= 0.6 is 0 Å². The molecule has 0 unspecified atom stereocenters. The molecule has 3 nitrogen and oxygen atoms in total. The molecule has 1 rings (SSSR count). The Labute approximate surface area is 41.8 Å². The van der Waals surface area contributed by atoms with Gasteiger partial charge in [0.1, 0.15) is 12.9 Å². The second-order valence-corrected chi connectivity index (χ2v) is 1.46. The van der Waals surface area contributed by atoms with Crippen molar-refractivity contribution in [1.82, 2.24) is 0 Å². The van der Waals surface area contributed by atoms with Crippen LogP contribution in [0.4, 0.5) is 0 Å². The second kappa shape index (κ2) is 2.26. The largest absolute Gasteiger partial charge is 0.394 e. The lowest BCUT2D eigenvalue weighted by Gasteiger charge is -1.97. The first-order chi connectivity index (χ1) is 3.43. The van der Waals surface area contributed by atoms with E-state index in [2.05, 4.69) is 0 Å². The van der Waals surface area contributed by atoms with E-state index >= 15 is 0 Å². The number of aliphatic hydroxyl groups excluding tert-OH is 1. The summed E-state index contributed by atoms with van der Waals surface area (Å²) in [7, 11) is 0. The predicted molar refractivity (Wildman–Crippen MR) is 22.8 cm³/mol. The zero-order chi connectivity index (χ0) is 5.11. The van der Waals surface area contributed by atoms with Gasteiger partial charge in [0.25, 0.3) is 0 Å². The van der Waals surface area contributed by atoms with Crippen LogP contribution in [0.3, 0.4) is 0 Å². The molecular weight excluding hydrogens is 96.0 g/mol. The fourth-order valence-electron chi connectivity index (χ4n) is 0.477.